The Morgan fingerprint density at radius 2 is 1.87 bits per heavy atom. The number of allylic oxidation sites excluding steroid dienone is 1. The summed E-state index contributed by atoms with van der Waals surface area (Å²) in [4.78, 5) is 26.1. The molecule has 0 amide bonds. The third kappa shape index (κ3) is 9.24. The topological polar surface area (TPSA) is 188 Å². The minimum atomic E-state index is -1.11. The lowest BCUT2D eigenvalue weighted by Crippen LogP contribution is -2.50. The number of aryl methyl sites for hydroxylation is 1. The van der Waals surface area contributed by atoms with Crippen LogP contribution in [0.4, 0.5) is 11.5 Å². The zero-order chi connectivity index (χ0) is 49.4. The fourth-order valence-electron chi connectivity index (χ4n) is 13.1. The van der Waals surface area contributed by atoms with E-state index in [-0.39, 0.29) is 59.2 Å². The van der Waals surface area contributed by atoms with Crippen LogP contribution in [0.5, 0.6) is 34.5 Å². The molecule has 6 aromatic rings. The van der Waals surface area contributed by atoms with Crippen molar-refractivity contribution in [1.29, 1.82) is 0 Å². The van der Waals surface area contributed by atoms with Crippen molar-refractivity contribution in [2.75, 3.05) is 32.6 Å². The second-order valence-electron chi connectivity index (χ2n) is 20.8. The van der Waals surface area contributed by atoms with Crippen LogP contribution in [0, 0.1) is 23.7 Å². The van der Waals surface area contributed by atoms with Gasteiger partial charge in [0.05, 0.1) is 25.7 Å². The molecule has 12 heteroatoms. The lowest BCUT2D eigenvalue weighted by molar-refractivity contribution is -0.132. The molecule has 3 heterocycles. The highest BCUT2D eigenvalue weighted by Crippen LogP contribution is 2.57. The van der Waals surface area contributed by atoms with E-state index >= 15 is 4.79 Å². The van der Waals surface area contributed by atoms with Crippen LogP contribution in [0.2, 0.25) is 0 Å². The van der Waals surface area contributed by atoms with Crippen molar-refractivity contribution < 1.29 is 39.8 Å². The van der Waals surface area contributed by atoms with Crippen molar-refractivity contribution in [3.05, 3.63) is 143 Å². The Kier molecular flexibility index (Phi) is 13.4. The minimum absolute atomic E-state index is 0.0111. The molecule has 7 N–H and O–H groups in total. The number of phenolic OH excluding ortho intramolecular Hbond substituents is 4. The lowest BCUT2D eigenvalue weighted by Gasteiger charge is -2.46. The van der Waals surface area contributed by atoms with Gasteiger partial charge < -0.3 is 50.6 Å². The van der Waals surface area contributed by atoms with Gasteiger partial charge in [-0.05, 0) is 169 Å². The van der Waals surface area contributed by atoms with Crippen molar-refractivity contribution in [2.24, 2.45) is 23.7 Å². The van der Waals surface area contributed by atoms with E-state index < -0.39 is 28.8 Å². The Labute approximate surface area is 415 Å². The number of likely N-dealkylation sites (N-methyl/N-ethyl adjacent to an activating group) is 1. The van der Waals surface area contributed by atoms with Crippen LogP contribution in [0.3, 0.4) is 0 Å². The number of aromatic hydroxyl groups is 4. The van der Waals surface area contributed by atoms with E-state index in [4.69, 9.17) is 19.4 Å². The van der Waals surface area contributed by atoms with Crippen molar-refractivity contribution in [1.82, 2.24) is 15.3 Å². The van der Waals surface area contributed by atoms with Crippen LogP contribution in [-0.4, -0.2) is 69.7 Å². The Morgan fingerprint density at radius 3 is 2.68 bits per heavy atom. The number of benzene rings is 4. The third-order valence-corrected chi connectivity index (χ3v) is 16.2. The second kappa shape index (κ2) is 19.8. The number of Topliss-reactive ketones (excluding diaryl/α,β-unsaturated/α-hetero) is 1. The number of aromatic nitrogens is 2. The van der Waals surface area contributed by atoms with Gasteiger partial charge >= 0.3 is 0 Å². The predicted molar refractivity (Wildman–Crippen MR) is 276 cm³/mol. The van der Waals surface area contributed by atoms with Gasteiger partial charge in [-0.25, -0.2) is 4.98 Å². The Balaban J connectivity index is 1.17. The largest absolute Gasteiger partial charge is 0.668 e. The van der Waals surface area contributed by atoms with E-state index in [1.165, 1.54) is 7.11 Å². The van der Waals surface area contributed by atoms with E-state index in [2.05, 4.69) is 41.9 Å². The molecule has 4 aromatic carbocycles. The molecule has 8 atom stereocenters. The number of carbonyl (C=O) groups excluding carboxylic acids is 1. The highest BCUT2D eigenvalue weighted by atomic mass is 16.5. The van der Waals surface area contributed by atoms with Gasteiger partial charge in [-0.2, -0.15) is 11.9 Å². The molecule has 10 rings (SSSR count). The number of carbonyl (C=O) groups is 1. The second-order valence-corrected chi connectivity index (χ2v) is 20.8. The normalized spacial score (nSPS) is 25.3. The van der Waals surface area contributed by atoms with Crippen molar-refractivity contribution in [3.8, 4) is 34.5 Å². The van der Waals surface area contributed by atoms with Crippen LogP contribution in [0.25, 0.3) is 16.8 Å². The summed E-state index contributed by atoms with van der Waals surface area (Å²) >= 11 is 0. The molecule has 2 bridgehead atoms. The van der Waals surface area contributed by atoms with Gasteiger partial charge in [-0.1, -0.05) is 61.9 Å². The molecule has 1 saturated carbocycles. The molecule has 12 nitrogen and oxygen atoms in total. The van der Waals surface area contributed by atoms with Gasteiger partial charge in [0.25, 0.3) is 0 Å². The van der Waals surface area contributed by atoms with E-state index in [9.17, 15) is 25.5 Å². The lowest BCUT2D eigenvalue weighted by atomic mass is 9.58. The Morgan fingerprint density at radius 1 is 1.00 bits per heavy atom. The number of hydrogen-bond donors (Lipinski definition) is 7. The maximum absolute atomic E-state index is 16.4. The number of ether oxygens (including phenoxy) is 2. The van der Waals surface area contributed by atoms with Gasteiger partial charge in [0, 0.05) is 41.6 Å². The number of nitrogens with zero attached hydrogens (tertiary/aromatic N) is 2. The predicted octanol–water partition coefficient (Wildman–Crippen LogP) is 10.3. The molecular formula is C59H65N4O8-. The van der Waals surface area contributed by atoms with Gasteiger partial charge in [0.1, 0.15) is 17.4 Å². The van der Waals surface area contributed by atoms with Crippen LogP contribution in [0.15, 0.2) is 109 Å². The first kappa shape index (κ1) is 47.9. The first-order valence-electron chi connectivity index (χ1n) is 25.2. The maximum atomic E-state index is 16.4. The van der Waals surface area contributed by atoms with Crippen molar-refractivity contribution in [3.63, 3.8) is 0 Å². The Hall–Kier alpha value is -6.76. The van der Waals surface area contributed by atoms with Crippen LogP contribution < -0.4 is 25.1 Å². The van der Waals surface area contributed by atoms with Crippen molar-refractivity contribution >= 4 is 34.1 Å². The first-order valence-corrected chi connectivity index (χ1v) is 25.2. The zero-order valence-corrected chi connectivity index (χ0v) is 40.8. The molecule has 3 aliphatic carbocycles. The monoisotopic (exact) mass is 957 g/mol. The average Bonchev–Trinajstić information content (AvgIpc) is 4.04. The number of hydrogen-bond acceptors (Lipinski definition) is 11. The summed E-state index contributed by atoms with van der Waals surface area (Å²) in [5.74, 6) is -0.504. The zero-order valence-electron chi connectivity index (χ0n) is 40.8. The number of phenols is 4. The van der Waals surface area contributed by atoms with Gasteiger partial charge in [0.2, 0.25) is 5.75 Å². The quantitative estimate of drug-likeness (QED) is 0.0430. The number of aliphatic hydroxyl groups is 1. The summed E-state index contributed by atoms with van der Waals surface area (Å²) in [5.41, 5.74) is 4.31. The SMILES string of the molecule is CNC[C@@]12C=Cc3cc(O)cc4ccc(c1c34)Nc1cc(ccn1)[C@]1(CCC[C@@H]1Cc1ccc[n-]1)[C@@H]([C@H](O)CCc1ccc(O)c(OC)c1)C(=O)C[C@@H](c1cc(O)c(O)c(OC[C@H]3C=CC[C@H](C)C3)c1)C2. The number of nitrogens with one attached hydrogen (secondary N) is 2. The number of ketones is 1. The highest BCUT2D eigenvalue weighted by molar-refractivity contribution is 6.01. The number of aliphatic hydroxyl groups excluding tert-OH is 1. The average molecular weight is 958 g/mol. The molecule has 71 heavy (non-hydrogen) atoms. The standard InChI is InChI=1S/C59H65N4O8/c1-35-7-4-8-37(23-35)33-71-52-29-40(27-50(68)57(52)69)41-28-49(67)56(48(66)16-12-36-11-15-47(65)51(24-36)70-3)59(19-5-9-42(59)30-44-10-6-21-61-44)43-18-22-62-53(31-43)63-46-14-13-38-25-45(64)26-39-17-20-58(32-41,34-60-2)55(46)54(38)39/h4,6,8,10-11,13-15,17-18,20-22,24-27,29,31,35,37,41-42,48,56,60,64-66,68-69H,5,7,9,12,16,19,23,28,30,32-34H2,1-3H3,(H,62,63)/q-1/t35-,37-,41+,42+,48+,56-,58-,59+/m0/s1. The highest BCUT2D eigenvalue weighted by Gasteiger charge is 2.55. The summed E-state index contributed by atoms with van der Waals surface area (Å²) in [7, 11) is 3.42. The third-order valence-electron chi connectivity index (χ3n) is 16.2. The summed E-state index contributed by atoms with van der Waals surface area (Å²) in [6.45, 7) is 2.98. The molecular weight excluding hydrogens is 893 g/mol. The molecule has 1 fully saturated rings. The fourth-order valence-corrected chi connectivity index (χ4v) is 13.1. The summed E-state index contributed by atoms with van der Waals surface area (Å²) in [6, 6.07) is 24.2. The van der Waals surface area contributed by atoms with Gasteiger partial charge in [-0.3, -0.25) is 4.79 Å². The van der Waals surface area contributed by atoms with Gasteiger partial charge in [0.15, 0.2) is 23.0 Å². The summed E-state index contributed by atoms with van der Waals surface area (Å²) in [6.07, 6.45) is 16.9. The van der Waals surface area contributed by atoms with E-state index in [1.807, 2.05) is 49.5 Å². The van der Waals surface area contributed by atoms with Crippen LogP contribution in [-0.2, 0) is 28.5 Å². The number of methoxy groups -OCH3 is 1. The molecule has 370 valence electrons. The summed E-state index contributed by atoms with van der Waals surface area (Å²) in [5, 5.41) is 66.6. The van der Waals surface area contributed by atoms with Crippen LogP contribution in [0.1, 0.15) is 97.7 Å². The molecule has 0 saturated heterocycles. The molecule has 4 aliphatic rings. The minimum Gasteiger partial charge on any atom is -0.668 e. The molecule has 2 aromatic heterocycles. The Bertz CT molecular complexity index is 2990. The maximum Gasteiger partial charge on any atom is 0.200 e. The fraction of sp³-hybridized carbons (Fsp3) is 0.390. The molecule has 1 spiro atoms. The van der Waals surface area contributed by atoms with Gasteiger partial charge in [-0.15, -0.1) is 0 Å². The molecule has 1 aliphatic heterocycles. The first-order chi connectivity index (χ1) is 34.4. The number of pyridine rings is 1. The van der Waals surface area contributed by atoms with Crippen LogP contribution >= 0.6 is 0 Å². The summed E-state index contributed by atoms with van der Waals surface area (Å²) < 4.78 is 11.9. The molecule has 0 radical (unpaired) electrons. The molecule has 0 unspecified atom stereocenters. The van der Waals surface area contributed by atoms with Crippen molar-refractivity contribution in [2.45, 2.75) is 94.0 Å². The van der Waals surface area contributed by atoms with E-state index in [0.29, 0.717) is 61.9 Å². The number of anilines is 2. The van der Waals surface area contributed by atoms with E-state index in [0.717, 1.165) is 70.1 Å². The number of fused-ring (bicyclic) bond motifs is 3. The smallest absolute Gasteiger partial charge is 0.200 e. The van der Waals surface area contributed by atoms with E-state index in [1.54, 1.807) is 48.8 Å². The number of rotatable bonds is 13.